The topological polar surface area (TPSA) is 30.2 Å². The van der Waals surface area contributed by atoms with Crippen molar-refractivity contribution in [3.05, 3.63) is 33.3 Å². The quantitative estimate of drug-likeness (QED) is 0.774. The van der Waals surface area contributed by atoms with Crippen LogP contribution in [-0.4, -0.2) is 0 Å². The fourth-order valence-corrected chi connectivity index (χ4v) is 2.49. The molecule has 1 aromatic heterocycles. The van der Waals surface area contributed by atoms with Crippen molar-refractivity contribution in [3.63, 3.8) is 0 Å². The fourth-order valence-electron chi connectivity index (χ4n) is 2.27. The third-order valence-corrected chi connectivity index (χ3v) is 3.42. The van der Waals surface area contributed by atoms with Crippen molar-refractivity contribution < 1.29 is 4.42 Å². The highest BCUT2D eigenvalue weighted by Gasteiger charge is 2.16. The molecule has 0 saturated heterocycles. The van der Waals surface area contributed by atoms with E-state index in [2.05, 4.69) is 0 Å². The Morgan fingerprint density at radius 1 is 1.27 bits per heavy atom. The Morgan fingerprint density at radius 2 is 2.00 bits per heavy atom. The van der Waals surface area contributed by atoms with Crippen LogP contribution in [0.1, 0.15) is 37.7 Å². The second kappa shape index (κ2) is 4.84. The number of halogens is 1. The van der Waals surface area contributed by atoms with E-state index in [1.165, 1.54) is 38.2 Å². The van der Waals surface area contributed by atoms with Crippen LogP contribution in [0.15, 0.2) is 21.3 Å². The molecule has 0 radical (unpaired) electrons. The van der Waals surface area contributed by atoms with Crippen molar-refractivity contribution in [2.75, 3.05) is 0 Å². The molecule has 0 bridgehead atoms. The second-order valence-corrected chi connectivity index (χ2v) is 4.60. The number of rotatable bonds is 2. The van der Waals surface area contributed by atoms with Crippen molar-refractivity contribution in [3.8, 4) is 0 Å². The third kappa shape index (κ3) is 2.85. The van der Waals surface area contributed by atoms with Crippen LogP contribution in [0.25, 0.3) is 0 Å². The molecular formula is C12H15ClO2. The highest BCUT2D eigenvalue weighted by Crippen LogP contribution is 2.28. The van der Waals surface area contributed by atoms with E-state index in [1.807, 2.05) is 0 Å². The van der Waals surface area contributed by atoms with Gasteiger partial charge in [-0.3, -0.25) is 0 Å². The van der Waals surface area contributed by atoms with Crippen LogP contribution in [0.5, 0.6) is 0 Å². The standard InChI is InChI=1S/C12H15ClO2/c13-12-10(6-7-11(14)15-12)8-9-4-2-1-3-5-9/h6-7,9H,1-5,8H2. The van der Waals surface area contributed by atoms with E-state index in [0.29, 0.717) is 5.92 Å². The van der Waals surface area contributed by atoms with Gasteiger partial charge >= 0.3 is 5.63 Å². The summed E-state index contributed by atoms with van der Waals surface area (Å²) in [6, 6.07) is 3.24. The summed E-state index contributed by atoms with van der Waals surface area (Å²) < 4.78 is 4.86. The zero-order chi connectivity index (χ0) is 10.7. The molecule has 0 amide bonds. The van der Waals surface area contributed by atoms with Gasteiger partial charge < -0.3 is 4.42 Å². The Morgan fingerprint density at radius 3 is 2.67 bits per heavy atom. The van der Waals surface area contributed by atoms with Crippen molar-refractivity contribution in [1.29, 1.82) is 0 Å². The predicted molar refractivity (Wildman–Crippen MR) is 60.3 cm³/mol. The first-order valence-corrected chi connectivity index (χ1v) is 5.92. The van der Waals surface area contributed by atoms with Gasteiger partial charge in [-0.15, -0.1) is 0 Å². The highest BCUT2D eigenvalue weighted by molar-refractivity contribution is 6.29. The lowest BCUT2D eigenvalue weighted by Gasteiger charge is -2.21. The minimum atomic E-state index is -0.368. The lowest BCUT2D eigenvalue weighted by Crippen LogP contribution is -2.10. The van der Waals surface area contributed by atoms with Gasteiger partial charge in [0.1, 0.15) is 0 Å². The van der Waals surface area contributed by atoms with Gasteiger partial charge in [-0.1, -0.05) is 32.1 Å². The van der Waals surface area contributed by atoms with Gasteiger partial charge in [0.2, 0.25) is 5.22 Å². The minimum Gasteiger partial charge on any atom is -0.411 e. The van der Waals surface area contributed by atoms with Crippen molar-refractivity contribution >= 4 is 11.6 Å². The van der Waals surface area contributed by atoms with E-state index in [4.69, 9.17) is 16.0 Å². The van der Waals surface area contributed by atoms with Gasteiger partial charge in [0.15, 0.2) is 0 Å². The molecule has 3 heteroatoms. The molecule has 0 aromatic carbocycles. The molecule has 0 aliphatic heterocycles. The van der Waals surface area contributed by atoms with E-state index in [9.17, 15) is 4.79 Å². The molecule has 2 nitrogen and oxygen atoms in total. The monoisotopic (exact) mass is 226 g/mol. The Labute approximate surface area is 94.2 Å². The van der Waals surface area contributed by atoms with Crippen LogP contribution in [0.2, 0.25) is 5.22 Å². The van der Waals surface area contributed by atoms with E-state index in [1.54, 1.807) is 6.07 Å². The molecule has 1 aliphatic rings. The Kier molecular flexibility index (Phi) is 3.47. The van der Waals surface area contributed by atoms with Crippen LogP contribution in [0.3, 0.4) is 0 Å². The average Bonchev–Trinajstić information content (AvgIpc) is 2.24. The van der Waals surface area contributed by atoms with Gasteiger partial charge in [0.25, 0.3) is 0 Å². The Bertz CT molecular complexity index is 377. The molecule has 0 spiro atoms. The summed E-state index contributed by atoms with van der Waals surface area (Å²) >= 11 is 5.88. The normalized spacial score (nSPS) is 17.9. The van der Waals surface area contributed by atoms with Gasteiger partial charge in [0.05, 0.1) is 0 Å². The zero-order valence-corrected chi connectivity index (χ0v) is 9.43. The maximum Gasteiger partial charge on any atom is 0.337 e. The molecule has 1 aliphatic carbocycles. The summed E-state index contributed by atoms with van der Waals surface area (Å²) in [5, 5.41) is 0.271. The van der Waals surface area contributed by atoms with E-state index in [-0.39, 0.29) is 10.8 Å². The van der Waals surface area contributed by atoms with Crippen LogP contribution in [0.4, 0.5) is 0 Å². The molecule has 0 N–H and O–H groups in total. The first kappa shape index (κ1) is 10.7. The molecule has 0 atom stereocenters. The van der Waals surface area contributed by atoms with E-state index >= 15 is 0 Å². The molecule has 15 heavy (non-hydrogen) atoms. The van der Waals surface area contributed by atoms with Crippen molar-refractivity contribution in [2.45, 2.75) is 38.5 Å². The first-order valence-electron chi connectivity index (χ1n) is 5.54. The maximum atomic E-state index is 10.9. The Balaban J connectivity index is 2.06. The number of hydrogen-bond donors (Lipinski definition) is 0. The van der Waals surface area contributed by atoms with E-state index in [0.717, 1.165) is 12.0 Å². The molecule has 1 saturated carbocycles. The first-order chi connectivity index (χ1) is 7.25. The summed E-state index contributed by atoms with van der Waals surface area (Å²) in [5.41, 5.74) is 0.607. The average molecular weight is 227 g/mol. The largest absolute Gasteiger partial charge is 0.411 e. The second-order valence-electron chi connectivity index (χ2n) is 4.26. The molecule has 1 fully saturated rings. The smallest absolute Gasteiger partial charge is 0.337 e. The van der Waals surface area contributed by atoms with Gasteiger partial charge in [-0.25, -0.2) is 4.79 Å². The SMILES string of the molecule is O=c1ccc(CC2CCCCC2)c(Cl)o1. The van der Waals surface area contributed by atoms with Crippen LogP contribution in [-0.2, 0) is 6.42 Å². The van der Waals surface area contributed by atoms with E-state index < -0.39 is 0 Å². The summed E-state index contributed by atoms with van der Waals surface area (Å²) in [7, 11) is 0. The Hall–Kier alpha value is -0.760. The zero-order valence-electron chi connectivity index (χ0n) is 8.67. The van der Waals surface area contributed by atoms with Crippen LogP contribution in [0, 0.1) is 5.92 Å². The molecule has 0 unspecified atom stereocenters. The molecule has 1 aromatic rings. The molecular weight excluding hydrogens is 212 g/mol. The predicted octanol–water partition coefficient (Wildman–Crippen LogP) is 3.42. The third-order valence-electron chi connectivity index (χ3n) is 3.10. The summed E-state index contributed by atoms with van der Waals surface area (Å²) in [4.78, 5) is 10.9. The highest BCUT2D eigenvalue weighted by atomic mass is 35.5. The van der Waals surface area contributed by atoms with Crippen molar-refractivity contribution in [1.82, 2.24) is 0 Å². The lowest BCUT2D eigenvalue weighted by molar-refractivity contribution is 0.353. The molecule has 1 heterocycles. The van der Waals surface area contributed by atoms with Gasteiger partial charge in [0, 0.05) is 11.6 Å². The number of hydrogen-bond acceptors (Lipinski definition) is 2. The minimum absolute atomic E-state index is 0.271. The molecule has 82 valence electrons. The van der Waals surface area contributed by atoms with Crippen LogP contribution < -0.4 is 5.63 Å². The van der Waals surface area contributed by atoms with Crippen molar-refractivity contribution in [2.24, 2.45) is 5.92 Å². The summed E-state index contributed by atoms with van der Waals surface area (Å²) in [6.07, 6.45) is 7.49. The molecule has 2 rings (SSSR count). The lowest BCUT2D eigenvalue weighted by atomic mass is 9.85. The summed E-state index contributed by atoms with van der Waals surface area (Å²) in [5.74, 6) is 0.712. The van der Waals surface area contributed by atoms with Crippen LogP contribution >= 0.6 is 11.6 Å². The summed E-state index contributed by atoms with van der Waals surface area (Å²) in [6.45, 7) is 0. The fraction of sp³-hybridized carbons (Fsp3) is 0.583. The van der Waals surface area contributed by atoms with Gasteiger partial charge in [-0.2, -0.15) is 0 Å². The maximum absolute atomic E-state index is 10.9. The van der Waals surface area contributed by atoms with Gasteiger partial charge in [-0.05, 0) is 30.0 Å².